The van der Waals surface area contributed by atoms with Crippen molar-refractivity contribution in [2.45, 2.75) is 6.92 Å². The van der Waals surface area contributed by atoms with Crippen LogP contribution in [0.3, 0.4) is 0 Å². The van der Waals surface area contributed by atoms with Crippen molar-refractivity contribution in [3.63, 3.8) is 0 Å². The van der Waals surface area contributed by atoms with Gasteiger partial charge < -0.3 is 14.8 Å². The first-order chi connectivity index (χ1) is 12.0. The minimum Gasteiger partial charge on any atom is -0.494 e. The minimum atomic E-state index is -0.598. The molecule has 8 heteroatoms. The molecule has 8 nitrogen and oxygen atoms in total. The van der Waals surface area contributed by atoms with Crippen LogP contribution in [-0.4, -0.2) is 24.0 Å². The lowest BCUT2D eigenvalue weighted by molar-refractivity contribution is -0.384. The largest absolute Gasteiger partial charge is 0.494 e. The summed E-state index contributed by atoms with van der Waals surface area (Å²) >= 11 is 0. The van der Waals surface area contributed by atoms with Gasteiger partial charge in [-0.2, -0.15) is 5.26 Å². The molecule has 2 aromatic carbocycles. The normalized spacial score (nSPS) is 9.76. The summed E-state index contributed by atoms with van der Waals surface area (Å²) in [5.74, 6) is 0.216. The van der Waals surface area contributed by atoms with E-state index in [1.807, 2.05) is 6.07 Å². The highest BCUT2D eigenvalue weighted by molar-refractivity contribution is 5.94. The second kappa shape index (κ2) is 8.31. The molecule has 1 N–H and O–H groups in total. The van der Waals surface area contributed by atoms with Gasteiger partial charge in [-0.15, -0.1) is 0 Å². The van der Waals surface area contributed by atoms with Crippen LogP contribution >= 0.6 is 0 Å². The molecule has 0 spiro atoms. The summed E-state index contributed by atoms with van der Waals surface area (Å²) in [7, 11) is 0. The molecule has 0 aromatic heterocycles. The third-order valence-corrected chi connectivity index (χ3v) is 3.10. The molecule has 0 aliphatic rings. The molecule has 1 amide bonds. The molecular weight excluding hydrogens is 326 g/mol. The summed E-state index contributed by atoms with van der Waals surface area (Å²) in [6, 6.07) is 12.4. The second-order valence-electron chi connectivity index (χ2n) is 4.84. The van der Waals surface area contributed by atoms with Gasteiger partial charge in [0, 0.05) is 0 Å². The van der Waals surface area contributed by atoms with Crippen molar-refractivity contribution in [1.29, 1.82) is 5.26 Å². The fraction of sp³-hybridized carbons (Fsp3) is 0.176. The number of anilines is 1. The van der Waals surface area contributed by atoms with Crippen LogP contribution < -0.4 is 14.8 Å². The summed E-state index contributed by atoms with van der Waals surface area (Å²) in [4.78, 5) is 22.5. The molecule has 2 rings (SSSR count). The van der Waals surface area contributed by atoms with E-state index in [4.69, 9.17) is 14.7 Å². The van der Waals surface area contributed by atoms with Crippen molar-refractivity contribution in [3.05, 3.63) is 58.1 Å². The molecule has 128 valence electrons. The van der Waals surface area contributed by atoms with Crippen molar-refractivity contribution in [3.8, 4) is 17.6 Å². The molecule has 0 aliphatic carbocycles. The monoisotopic (exact) mass is 341 g/mol. The highest BCUT2D eigenvalue weighted by Crippen LogP contribution is 2.29. The van der Waals surface area contributed by atoms with Gasteiger partial charge in [0.2, 0.25) is 0 Å². The Balaban J connectivity index is 2.01. The number of nitro benzene ring substituents is 1. The number of amides is 1. The Bertz CT molecular complexity index is 812. The summed E-state index contributed by atoms with van der Waals surface area (Å²) in [6.45, 7) is 1.82. The van der Waals surface area contributed by atoms with Crippen molar-refractivity contribution in [2.75, 3.05) is 18.5 Å². The van der Waals surface area contributed by atoms with Crippen LogP contribution in [0.25, 0.3) is 0 Å². The van der Waals surface area contributed by atoms with Gasteiger partial charge in [0.15, 0.2) is 6.61 Å². The first-order valence-corrected chi connectivity index (χ1v) is 7.37. The van der Waals surface area contributed by atoms with E-state index in [0.717, 1.165) is 0 Å². The first-order valence-electron chi connectivity index (χ1n) is 7.37. The lowest BCUT2D eigenvalue weighted by atomic mass is 10.2. The van der Waals surface area contributed by atoms with Crippen LogP contribution in [0, 0.1) is 21.4 Å². The van der Waals surface area contributed by atoms with E-state index in [1.165, 1.54) is 18.2 Å². The molecule has 25 heavy (non-hydrogen) atoms. The quantitative estimate of drug-likeness (QED) is 0.611. The Kier molecular flexibility index (Phi) is 5.90. The smallest absolute Gasteiger partial charge is 0.296 e. The highest BCUT2D eigenvalue weighted by atomic mass is 16.6. The number of carbonyl (C=O) groups is 1. The number of nitrogens with zero attached hydrogens (tertiary/aromatic N) is 2. The van der Waals surface area contributed by atoms with E-state index in [1.54, 1.807) is 31.2 Å². The molecule has 0 unspecified atom stereocenters. The number of hydrogen-bond donors (Lipinski definition) is 1. The van der Waals surface area contributed by atoms with Crippen LogP contribution in [-0.2, 0) is 4.79 Å². The van der Waals surface area contributed by atoms with Gasteiger partial charge in [-0.1, -0.05) is 0 Å². The summed E-state index contributed by atoms with van der Waals surface area (Å²) in [5, 5.41) is 22.3. The van der Waals surface area contributed by atoms with Gasteiger partial charge in [0.1, 0.15) is 17.2 Å². The summed E-state index contributed by atoms with van der Waals surface area (Å²) in [5.41, 5.74) is 0.265. The number of carbonyl (C=O) groups excluding carboxylic acids is 1. The summed E-state index contributed by atoms with van der Waals surface area (Å²) < 4.78 is 10.5. The number of benzene rings is 2. The fourth-order valence-electron chi connectivity index (χ4n) is 1.99. The molecule has 0 saturated heterocycles. The molecule has 0 saturated carbocycles. The van der Waals surface area contributed by atoms with Crippen LogP contribution in [0.4, 0.5) is 11.4 Å². The van der Waals surface area contributed by atoms with E-state index >= 15 is 0 Å². The van der Waals surface area contributed by atoms with Gasteiger partial charge in [-0.05, 0) is 43.3 Å². The predicted octanol–water partition coefficient (Wildman–Crippen LogP) is 2.88. The first kappa shape index (κ1) is 17.7. The van der Waals surface area contributed by atoms with Crippen molar-refractivity contribution in [2.24, 2.45) is 0 Å². The van der Waals surface area contributed by atoms with E-state index < -0.39 is 10.8 Å². The Morgan fingerprint density at radius 3 is 2.48 bits per heavy atom. The number of hydrogen-bond acceptors (Lipinski definition) is 6. The van der Waals surface area contributed by atoms with E-state index in [0.29, 0.717) is 23.7 Å². The maximum absolute atomic E-state index is 12.0. The van der Waals surface area contributed by atoms with E-state index in [-0.39, 0.29) is 18.0 Å². The number of nitro groups is 1. The molecule has 0 aliphatic heterocycles. The molecular formula is C17H15N3O5. The van der Waals surface area contributed by atoms with Gasteiger partial charge in [-0.25, -0.2) is 0 Å². The van der Waals surface area contributed by atoms with Crippen molar-refractivity contribution in [1.82, 2.24) is 0 Å². The number of ether oxygens (including phenoxy) is 2. The number of rotatable bonds is 7. The third kappa shape index (κ3) is 4.94. The standard InChI is InChI=1S/C17H15N3O5/c1-2-24-14-7-8-15(16(9-14)20(22)23)19-17(21)11-25-13-5-3-12(10-18)4-6-13/h3-9H,2,11H2,1H3,(H,19,21). The SMILES string of the molecule is CCOc1ccc(NC(=O)COc2ccc(C#N)cc2)c([N+](=O)[O-])c1. The highest BCUT2D eigenvalue weighted by Gasteiger charge is 2.17. The maximum Gasteiger partial charge on any atom is 0.296 e. The van der Waals surface area contributed by atoms with Crippen molar-refractivity contribution >= 4 is 17.3 Å². The number of nitrogens with one attached hydrogen (secondary N) is 1. The Hall–Kier alpha value is -3.60. The molecule has 0 heterocycles. The average Bonchev–Trinajstić information content (AvgIpc) is 2.61. The fourth-order valence-corrected chi connectivity index (χ4v) is 1.99. The zero-order chi connectivity index (χ0) is 18.2. The van der Waals surface area contributed by atoms with E-state index in [2.05, 4.69) is 5.32 Å². The van der Waals surface area contributed by atoms with Crippen LogP contribution in [0.2, 0.25) is 0 Å². The zero-order valence-electron chi connectivity index (χ0n) is 13.4. The lowest BCUT2D eigenvalue weighted by Gasteiger charge is -2.09. The van der Waals surface area contributed by atoms with Gasteiger partial charge in [0.05, 0.1) is 29.2 Å². The average molecular weight is 341 g/mol. The third-order valence-electron chi connectivity index (χ3n) is 3.10. The Morgan fingerprint density at radius 2 is 1.88 bits per heavy atom. The zero-order valence-corrected chi connectivity index (χ0v) is 13.4. The molecule has 0 radical (unpaired) electrons. The Morgan fingerprint density at radius 1 is 1.20 bits per heavy atom. The molecule has 0 bridgehead atoms. The Labute approximate surface area is 143 Å². The maximum atomic E-state index is 12.0. The lowest BCUT2D eigenvalue weighted by Crippen LogP contribution is -2.20. The van der Waals surface area contributed by atoms with Crippen LogP contribution in [0.5, 0.6) is 11.5 Å². The van der Waals surface area contributed by atoms with Gasteiger partial charge >= 0.3 is 0 Å². The van der Waals surface area contributed by atoms with Gasteiger partial charge in [-0.3, -0.25) is 14.9 Å². The molecule has 2 aromatic rings. The van der Waals surface area contributed by atoms with E-state index in [9.17, 15) is 14.9 Å². The van der Waals surface area contributed by atoms with Crippen LogP contribution in [0.15, 0.2) is 42.5 Å². The molecule has 0 fully saturated rings. The second-order valence-corrected chi connectivity index (χ2v) is 4.84. The van der Waals surface area contributed by atoms with Crippen molar-refractivity contribution < 1.29 is 19.2 Å². The summed E-state index contributed by atoms with van der Waals surface area (Å²) in [6.07, 6.45) is 0. The van der Waals surface area contributed by atoms with Gasteiger partial charge in [0.25, 0.3) is 11.6 Å². The molecule has 0 atom stereocenters. The minimum absolute atomic E-state index is 0.0573. The topological polar surface area (TPSA) is 114 Å². The van der Waals surface area contributed by atoms with Crippen LogP contribution in [0.1, 0.15) is 12.5 Å². The predicted molar refractivity (Wildman–Crippen MR) is 89.5 cm³/mol. The number of nitriles is 1.